The van der Waals surface area contributed by atoms with Gasteiger partial charge in [0.15, 0.2) is 0 Å². The Hall–Kier alpha value is -0.600. The van der Waals surface area contributed by atoms with Crippen molar-refractivity contribution in [2.45, 2.75) is 6.04 Å². The van der Waals surface area contributed by atoms with Gasteiger partial charge in [-0.1, -0.05) is 34.1 Å². The molecule has 2 heteroatoms. The molecule has 0 radical (unpaired) electrons. The molecular weight excluding hydrogens is 226 g/mol. The number of halogens is 1. The van der Waals surface area contributed by atoms with Gasteiger partial charge >= 0.3 is 0 Å². The lowest BCUT2D eigenvalue weighted by Crippen LogP contribution is -2.57. The molecule has 3 rings (SSSR count). The summed E-state index contributed by atoms with van der Waals surface area (Å²) in [5, 5.41) is 3.37. The third-order valence-electron chi connectivity index (χ3n) is 2.94. The topological polar surface area (TPSA) is 12.0 Å². The average molecular weight is 236 g/mol. The van der Waals surface area contributed by atoms with Crippen LogP contribution in [0, 0.1) is 5.92 Å². The summed E-state index contributed by atoms with van der Waals surface area (Å²) in [7, 11) is 0. The number of rotatable bonds is 1. The Bertz CT molecular complexity index is 366. The summed E-state index contributed by atoms with van der Waals surface area (Å²) in [5.41, 5.74) is 2.90. The highest BCUT2D eigenvalue weighted by Crippen LogP contribution is 2.40. The van der Waals surface area contributed by atoms with E-state index in [1.165, 1.54) is 11.1 Å². The van der Waals surface area contributed by atoms with E-state index in [2.05, 4.69) is 51.6 Å². The minimum absolute atomic E-state index is 0.679. The lowest BCUT2D eigenvalue weighted by molar-refractivity contribution is 0.318. The van der Waals surface area contributed by atoms with E-state index in [1.807, 2.05) is 0 Å². The fraction of sp³-hybridized carbons (Fsp3) is 0.273. The lowest BCUT2D eigenvalue weighted by Gasteiger charge is -2.46. The molecule has 1 saturated heterocycles. The van der Waals surface area contributed by atoms with E-state index in [-0.39, 0.29) is 0 Å². The molecule has 2 aliphatic rings. The quantitative estimate of drug-likeness (QED) is 0.789. The fourth-order valence-corrected chi connectivity index (χ4v) is 2.27. The third-order valence-corrected chi connectivity index (χ3v) is 3.47. The summed E-state index contributed by atoms with van der Waals surface area (Å²) in [5.74, 6) is 0.793. The molecule has 66 valence electrons. The van der Waals surface area contributed by atoms with Gasteiger partial charge in [-0.3, -0.25) is 0 Å². The maximum absolute atomic E-state index is 3.44. The highest BCUT2D eigenvalue weighted by atomic mass is 79.9. The first kappa shape index (κ1) is 7.77. The van der Waals surface area contributed by atoms with Gasteiger partial charge in [-0.05, 0) is 23.3 Å². The number of hydrogen-bond acceptors (Lipinski definition) is 1. The standard InChI is InChI=1S/C11H10BrN/c12-8-3-1-7(2-4-8)9-5-11-10(9)6-13-11/h1-5,10-11,13H,6H2. The Morgan fingerprint density at radius 1 is 1.23 bits per heavy atom. The van der Waals surface area contributed by atoms with Crippen molar-refractivity contribution in [3.05, 3.63) is 40.4 Å². The SMILES string of the molecule is Brc1ccc(C2=CC3NCC23)cc1. The molecule has 0 bridgehead atoms. The van der Waals surface area contributed by atoms with Crippen molar-refractivity contribution < 1.29 is 0 Å². The van der Waals surface area contributed by atoms with Crippen molar-refractivity contribution >= 4 is 21.5 Å². The minimum Gasteiger partial charge on any atom is -0.309 e. The Morgan fingerprint density at radius 3 is 2.46 bits per heavy atom. The van der Waals surface area contributed by atoms with Gasteiger partial charge in [-0.2, -0.15) is 0 Å². The molecule has 1 aliphatic carbocycles. The van der Waals surface area contributed by atoms with Crippen LogP contribution in [0.5, 0.6) is 0 Å². The second kappa shape index (κ2) is 2.69. The molecule has 1 aromatic carbocycles. The predicted octanol–water partition coefficient (Wildman–Crippen LogP) is 2.43. The number of benzene rings is 1. The van der Waals surface area contributed by atoms with E-state index in [0.29, 0.717) is 6.04 Å². The Morgan fingerprint density at radius 2 is 2.00 bits per heavy atom. The first-order valence-corrected chi connectivity index (χ1v) is 5.35. The summed E-state index contributed by atoms with van der Waals surface area (Å²) in [4.78, 5) is 0. The van der Waals surface area contributed by atoms with Gasteiger partial charge in [-0.15, -0.1) is 0 Å². The zero-order valence-corrected chi connectivity index (χ0v) is 8.71. The van der Waals surface area contributed by atoms with Crippen molar-refractivity contribution in [1.29, 1.82) is 0 Å². The molecule has 0 saturated carbocycles. The Kier molecular flexibility index (Phi) is 1.61. The molecule has 0 aromatic heterocycles. The molecule has 1 N–H and O–H groups in total. The van der Waals surface area contributed by atoms with E-state index >= 15 is 0 Å². The van der Waals surface area contributed by atoms with Gasteiger partial charge in [0.25, 0.3) is 0 Å². The highest BCUT2D eigenvalue weighted by molar-refractivity contribution is 9.10. The Labute approximate surface area is 86.0 Å². The van der Waals surface area contributed by atoms with Gasteiger partial charge < -0.3 is 5.32 Å². The lowest BCUT2D eigenvalue weighted by atomic mass is 9.71. The summed E-state index contributed by atoms with van der Waals surface area (Å²) in [6, 6.07) is 9.26. The third kappa shape index (κ3) is 1.09. The summed E-state index contributed by atoms with van der Waals surface area (Å²) in [6.07, 6.45) is 2.33. The molecular formula is C11H10BrN. The molecule has 2 atom stereocenters. The molecule has 1 fully saturated rings. The van der Waals surface area contributed by atoms with E-state index in [0.717, 1.165) is 16.9 Å². The van der Waals surface area contributed by atoms with Crippen LogP contribution in [0.1, 0.15) is 5.56 Å². The average Bonchev–Trinajstić information content (AvgIpc) is 2.12. The van der Waals surface area contributed by atoms with Crippen LogP contribution < -0.4 is 5.32 Å². The second-order valence-electron chi connectivity index (χ2n) is 3.67. The van der Waals surface area contributed by atoms with E-state index in [4.69, 9.17) is 0 Å². The van der Waals surface area contributed by atoms with Gasteiger partial charge in [0.05, 0.1) is 0 Å². The molecule has 1 nitrogen and oxygen atoms in total. The van der Waals surface area contributed by atoms with Crippen LogP contribution in [-0.4, -0.2) is 12.6 Å². The van der Waals surface area contributed by atoms with Gasteiger partial charge in [0.2, 0.25) is 0 Å². The van der Waals surface area contributed by atoms with Crippen LogP contribution in [-0.2, 0) is 0 Å². The van der Waals surface area contributed by atoms with Crippen molar-refractivity contribution in [1.82, 2.24) is 5.32 Å². The van der Waals surface area contributed by atoms with E-state index in [9.17, 15) is 0 Å². The van der Waals surface area contributed by atoms with Crippen LogP contribution in [0.2, 0.25) is 0 Å². The second-order valence-corrected chi connectivity index (χ2v) is 4.59. The first-order chi connectivity index (χ1) is 6.34. The van der Waals surface area contributed by atoms with Gasteiger partial charge in [-0.25, -0.2) is 0 Å². The molecule has 1 aliphatic heterocycles. The summed E-state index contributed by atoms with van der Waals surface area (Å²) >= 11 is 3.44. The van der Waals surface area contributed by atoms with Crippen LogP contribution in [0.15, 0.2) is 34.8 Å². The molecule has 0 amide bonds. The van der Waals surface area contributed by atoms with E-state index in [1.54, 1.807) is 0 Å². The predicted molar refractivity (Wildman–Crippen MR) is 57.4 cm³/mol. The van der Waals surface area contributed by atoms with E-state index < -0.39 is 0 Å². The van der Waals surface area contributed by atoms with Crippen LogP contribution in [0.3, 0.4) is 0 Å². The molecule has 1 heterocycles. The maximum atomic E-state index is 3.44. The largest absolute Gasteiger partial charge is 0.309 e. The van der Waals surface area contributed by atoms with Crippen molar-refractivity contribution in [3.63, 3.8) is 0 Å². The summed E-state index contributed by atoms with van der Waals surface area (Å²) in [6.45, 7) is 1.16. The van der Waals surface area contributed by atoms with Gasteiger partial charge in [0, 0.05) is 23.0 Å². The normalized spacial score (nSPS) is 29.8. The fourth-order valence-electron chi connectivity index (χ4n) is 2.00. The number of hydrogen-bond donors (Lipinski definition) is 1. The van der Waals surface area contributed by atoms with Crippen LogP contribution >= 0.6 is 15.9 Å². The molecule has 0 spiro atoms. The number of nitrogens with one attached hydrogen (secondary N) is 1. The number of fused-ring (bicyclic) bond motifs is 1. The van der Waals surface area contributed by atoms with Crippen molar-refractivity contribution in [2.75, 3.05) is 6.54 Å². The first-order valence-electron chi connectivity index (χ1n) is 4.55. The van der Waals surface area contributed by atoms with Crippen LogP contribution in [0.4, 0.5) is 0 Å². The Balaban J connectivity index is 1.93. The zero-order valence-electron chi connectivity index (χ0n) is 7.13. The molecule has 2 unspecified atom stereocenters. The zero-order chi connectivity index (χ0) is 8.84. The van der Waals surface area contributed by atoms with Crippen LogP contribution in [0.25, 0.3) is 5.57 Å². The minimum atomic E-state index is 0.679. The molecule has 1 aromatic rings. The maximum Gasteiger partial charge on any atom is 0.0337 e. The van der Waals surface area contributed by atoms with Gasteiger partial charge in [0.1, 0.15) is 0 Å². The highest BCUT2D eigenvalue weighted by Gasteiger charge is 2.39. The van der Waals surface area contributed by atoms with Crippen molar-refractivity contribution in [2.24, 2.45) is 5.92 Å². The molecule has 13 heavy (non-hydrogen) atoms. The van der Waals surface area contributed by atoms with Crippen molar-refractivity contribution in [3.8, 4) is 0 Å². The monoisotopic (exact) mass is 235 g/mol. The summed E-state index contributed by atoms with van der Waals surface area (Å²) < 4.78 is 1.15. The smallest absolute Gasteiger partial charge is 0.0337 e.